The van der Waals surface area contributed by atoms with E-state index in [-0.39, 0.29) is 10.6 Å². The molecule has 132 valence electrons. The Morgan fingerprint density at radius 1 is 1.12 bits per heavy atom. The van der Waals surface area contributed by atoms with Crippen molar-refractivity contribution in [2.75, 3.05) is 19.5 Å². The summed E-state index contributed by atoms with van der Waals surface area (Å²) in [5, 5.41) is 12.2. The summed E-state index contributed by atoms with van der Waals surface area (Å²) in [5.41, 5.74) is 1.22. The number of allylic oxidation sites excluding steroid dienone is 2. The molecule has 0 heterocycles. The van der Waals surface area contributed by atoms with Gasteiger partial charge in [-0.05, 0) is 29.8 Å². The Morgan fingerprint density at radius 3 is 2.42 bits per heavy atom. The van der Waals surface area contributed by atoms with Gasteiger partial charge in [0.25, 0.3) is 5.91 Å². The zero-order valence-electron chi connectivity index (χ0n) is 14.3. The number of carbonyl (C=O) groups is 1. The molecule has 1 N–H and O–H groups in total. The molecule has 0 aliphatic rings. The highest BCUT2D eigenvalue weighted by molar-refractivity contribution is 6.33. The molecule has 2 aromatic rings. The van der Waals surface area contributed by atoms with Gasteiger partial charge < -0.3 is 14.8 Å². The van der Waals surface area contributed by atoms with Gasteiger partial charge in [-0.3, -0.25) is 4.79 Å². The van der Waals surface area contributed by atoms with E-state index in [1.165, 1.54) is 20.3 Å². The molecule has 0 saturated heterocycles. The molecule has 0 bridgehead atoms. The van der Waals surface area contributed by atoms with Crippen molar-refractivity contribution >= 4 is 29.3 Å². The van der Waals surface area contributed by atoms with Gasteiger partial charge in [0.05, 0.1) is 14.2 Å². The third kappa shape index (κ3) is 5.13. The first-order valence-corrected chi connectivity index (χ1v) is 8.02. The van der Waals surface area contributed by atoms with E-state index in [0.29, 0.717) is 17.2 Å². The van der Waals surface area contributed by atoms with Gasteiger partial charge in [0.15, 0.2) is 11.5 Å². The summed E-state index contributed by atoms with van der Waals surface area (Å²) < 4.78 is 10.3. The van der Waals surface area contributed by atoms with Crippen molar-refractivity contribution < 1.29 is 14.3 Å². The van der Waals surface area contributed by atoms with Crippen LogP contribution < -0.4 is 14.8 Å². The van der Waals surface area contributed by atoms with Gasteiger partial charge >= 0.3 is 0 Å². The van der Waals surface area contributed by atoms with Gasteiger partial charge in [-0.2, -0.15) is 5.26 Å². The van der Waals surface area contributed by atoms with E-state index in [4.69, 9.17) is 21.1 Å². The Bertz CT molecular complexity index is 884. The average Bonchev–Trinajstić information content (AvgIpc) is 2.66. The van der Waals surface area contributed by atoms with Crippen molar-refractivity contribution in [3.05, 3.63) is 70.8 Å². The van der Waals surface area contributed by atoms with Crippen LogP contribution in [0.15, 0.2) is 65.2 Å². The van der Waals surface area contributed by atoms with Crippen LogP contribution in [0, 0.1) is 11.3 Å². The van der Waals surface area contributed by atoms with Gasteiger partial charge in [-0.15, -0.1) is 0 Å². The molecule has 0 atom stereocenters. The number of hydrogen-bond acceptors (Lipinski definition) is 4. The molecule has 0 aromatic heterocycles. The van der Waals surface area contributed by atoms with Crippen LogP contribution in [0.3, 0.4) is 0 Å². The molecule has 26 heavy (non-hydrogen) atoms. The van der Waals surface area contributed by atoms with E-state index in [1.807, 2.05) is 36.4 Å². The molecule has 0 spiro atoms. The average molecular weight is 369 g/mol. The first kappa shape index (κ1) is 19.1. The van der Waals surface area contributed by atoms with E-state index in [2.05, 4.69) is 5.32 Å². The second kappa shape index (κ2) is 9.30. The zero-order valence-corrected chi connectivity index (χ0v) is 15.1. The number of nitriles is 1. The van der Waals surface area contributed by atoms with Gasteiger partial charge in [0, 0.05) is 16.8 Å². The van der Waals surface area contributed by atoms with Gasteiger partial charge in [0.1, 0.15) is 11.6 Å². The van der Waals surface area contributed by atoms with E-state index in [1.54, 1.807) is 24.3 Å². The summed E-state index contributed by atoms with van der Waals surface area (Å²) in [7, 11) is 3.02. The number of nitrogens with one attached hydrogen (secondary N) is 1. The summed E-state index contributed by atoms with van der Waals surface area (Å²) in [6.45, 7) is 0. The van der Waals surface area contributed by atoms with Crippen molar-refractivity contribution in [2.24, 2.45) is 0 Å². The molecular weight excluding hydrogens is 352 g/mol. The molecule has 0 saturated carbocycles. The maximum Gasteiger partial charge on any atom is 0.266 e. The summed E-state index contributed by atoms with van der Waals surface area (Å²) in [4.78, 5) is 12.3. The number of methoxy groups -OCH3 is 2. The number of anilines is 1. The topological polar surface area (TPSA) is 71.3 Å². The number of rotatable bonds is 6. The molecule has 0 aliphatic carbocycles. The highest BCUT2D eigenvalue weighted by atomic mass is 35.5. The zero-order chi connectivity index (χ0) is 18.9. The molecule has 0 radical (unpaired) electrons. The highest BCUT2D eigenvalue weighted by Crippen LogP contribution is 2.29. The van der Waals surface area contributed by atoms with Crippen LogP contribution in [0.5, 0.6) is 11.5 Å². The van der Waals surface area contributed by atoms with Crippen LogP contribution in [-0.2, 0) is 4.79 Å². The number of carbonyl (C=O) groups excluding carboxylic acids is 1. The predicted molar refractivity (Wildman–Crippen MR) is 102 cm³/mol. The van der Waals surface area contributed by atoms with E-state index >= 15 is 0 Å². The molecule has 0 unspecified atom stereocenters. The van der Waals surface area contributed by atoms with Gasteiger partial charge in [-0.25, -0.2) is 0 Å². The molecule has 2 rings (SSSR count). The second-order valence-corrected chi connectivity index (χ2v) is 5.57. The van der Waals surface area contributed by atoms with Crippen LogP contribution in [0.25, 0.3) is 6.08 Å². The Kier molecular flexibility index (Phi) is 6.84. The lowest BCUT2D eigenvalue weighted by Gasteiger charge is -2.10. The monoisotopic (exact) mass is 368 g/mol. The lowest BCUT2D eigenvalue weighted by molar-refractivity contribution is -0.112. The maximum atomic E-state index is 12.3. The van der Waals surface area contributed by atoms with Crippen molar-refractivity contribution in [1.82, 2.24) is 0 Å². The molecule has 6 heteroatoms. The van der Waals surface area contributed by atoms with Crippen LogP contribution in [0.1, 0.15) is 5.56 Å². The minimum absolute atomic E-state index is 0.114. The minimum atomic E-state index is -0.570. The second-order valence-electron chi connectivity index (χ2n) is 5.13. The van der Waals surface area contributed by atoms with E-state index < -0.39 is 5.91 Å². The Balaban J connectivity index is 2.18. The minimum Gasteiger partial charge on any atom is -0.493 e. The predicted octanol–water partition coefficient (Wildman–Crippen LogP) is 4.37. The lowest BCUT2D eigenvalue weighted by Crippen LogP contribution is -2.13. The van der Waals surface area contributed by atoms with Crippen molar-refractivity contribution in [3.63, 3.8) is 0 Å². The number of amides is 1. The van der Waals surface area contributed by atoms with Crippen LogP contribution in [-0.4, -0.2) is 20.1 Å². The highest BCUT2D eigenvalue weighted by Gasteiger charge is 2.12. The van der Waals surface area contributed by atoms with Crippen LogP contribution in [0.2, 0.25) is 0 Å². The molecule has 5 nitrogen and oxygen atoms in total. The number of benzene rings is 2. The molecular formula is C20H17ClN2O3. The number of ether oxygens (including phenoxy) is 2. The number of hydrogen-bond donors (Lipinski definition) is 1. The fourth-order valence-corrected chi connectivity index (χ4v) is 2.38. The smallest absolute Gasteiger partial charge is 0.266 e. The SMILES string of the molecule is COc1ccc(NC(=O)/C(C#N)=C/C(Cl)=C/c2ccccc2)cc1OC. The first-order valence-electron chi connectivity index (χ1n) is 7.64. The molecule has 1 amide bonds. The summed E-state index contributed by atoms with van der Waals surface area (Å²) in [6.07, 6.45) is 2.99. The number of halogens is 1. The van der Waals surface area contributed by atoms with Gasteiger partial charge in [-0.1, -0.05) is 41.9 Å². The first-order chi connectivity index (χ1) is 12.6. The molecule has 2 aromatic carbocycles. The van der Waals surface area contributed by atoms with E-state index in [0.717, 1.165) is 5.56 Å². The lowest BCUT2D eigenvalue weighted by atomic mass is 10.2. The Hall–Kier alpha value is -3.23. The van der Waals surface area contributed by atoms with Crippen LogP contribution >= 0.6 is 11.6 Å². The fraction of sp³-hybridized carbons (Fsp3) is 0.100. The standard InChI is InChI=1S/C20H17ClN2O3/c1-25-18-9-8-17(12-19(18)26-2)23-20(24)15(13-22)11-16(21)10-14-6-4-3-5-7-14/h3-12H,1-2H3,(H,23,24)/b15-11+,16-10-. The maximum absolute atomic E-state index is 12.3. The van der Waals surface area contributed by atoms with Crippen molar-refractivity contribution in [2.45, 2.75) is 0 Å². The summed E-state index contributed by atoms with van der Waals surface area (Å²) in [6, 6.07) is 16.1. The van der Waals surface area contributed by atoms with Gasteiger partial charge in [0.2, 0.25) is 0 Å². The van der Waals surface area contributed by atoms with Crippen LogP contribution in [0.4, 0.5) is 5.69 Å². The fourth-order valence-electron chi connectivity index (χ4n) is 2.15. The normalized spacial score (nSPS) is 11.5. The summed E-state index contributed by atoms with van der Waals surface area (Å²) in [5.74, 6) is 0.435. The molecule has 0 fully saturated rings. The van der Waals surface area contributed by atoms with Crippen molar-refractivity contribution in [1.29, 1.82) is 5.26 Å². The van der Waals surface area contributed by atoms with Crippen molar-refractivity contribution in [3.8, 4) is 17.6 Å². The molecule has 0 aliphatic heterocycles. The quantitative estimate of drug-likeness (QED) is 0.467. The third-order valence-corrected chi connectivity index (χ3v) is 3.61. The Morgan fingerprint density at radius 2 is 1.81 bits per heavy atom. The van der Waals surface area contributed by atoms with E-state index in [9.17, 15) is 10.1 Å². The summed E-state index contributed by atoms with van der Waals surface area (Å²) >= 11 is 6.14. The Labute approximate surface area is 157 Å². The number of nitrogens with zero attached hydrogens (tertiary/aromatic N) is 1. The largest absolute Gasteiger partial charge is 0.493 e. The third-order valence-electron chi connectivity index (χ3n) is 3.39.